The van der Waals surface area contributed by atoms with Gasteiger partial charge in [0.25, 0.3) is 0 Å². The van der Waals surface area contributed by atoms with Crippen molar-refractivity contribution in [3.05, 3.63) is 63.0 Å². The number of halogens is 3. The lowest BCUT2D eigenvalue weighted by Crippen LogP contribution is -2.54. The van der Waals surface area contributed by atoms with Crippen LogP contribution in [0.2, 0.25) is 10.0 Å². The van der Waals surface area contributed by atoms with Gasteiger partial charge in [0.2, 0.25) is 0 Å². The first-order valence-electron chi connectivity index (χ1n) is 13.1. The van der Waals surface area contributed by atoms with Gasteiger partial charge in [-0.3, -0.25) is 4.90 Å². The van der Waals surface area contributed by atoms with Crippen molar-refractivity contribution in [2.45, 2.75) is 50.1 Å². The van der Waals surface area contributed by atoms with E-state index in [9.17, 15) is 14.3 Å². The van der Waals surface area contributed by atoms with E-state index in [-0.39, 0.29) is 23.2 Å². The van der Waals surface area contributed by atoms with Crippen molar-refractivity contribution in [3.8, 4) is 11.3 Å². The number of carboxylic acids is 1. The molecule has 1 N–H and O–H groups in total. The fraction of sp³-hybridized carbons (Fsp3) is 0.393. The lowest BCUT2D eigenvalue weighted by molar-refractivity contribution is 0.0696. The van der Waals surface area contributed by atoms with Gasteiger partial charge in [-0.2, -0.15) is 0 Å². The SMILES string of the molecule is O=C(O)c1cc(F)c2nc(N3C4CCC3CN(CCc3c(C5CC5)noc3-c3c(Cl)cccc3Cl)C4)sc2c1. The Balaban J connectivity index is 1.11. The summed E-state index contributed by atoms with van der Waals surface area (Å²) >= 11 is 14.4. The number of fused-ring (bicyclic) bond motifs is 3. The number of carboxylic acid groups (broad SMARTS) is 1. The van der Waals surface area contributed by atoms with Crippen molar-refractivity contribution in [3.63, 3.8) is 0 Å². The third-order valence-corrected chi connectivity index (χ3v) is 9.76. The van der Waals surface area contributed by atoms with E-state index < -0.39 is 11.8 Å². The molecule has 7 rings (SSSR count). The summed E-state index contributed by atoms with van der Waals surface area (Å²) in [5.74, 6) is -0.621. The summed E-state index contributed by atoms with van der Waals surface area (Å²) < 4.78 is 21.0. The summed E-state index contributed by atoms with van der Waals surface area (Å²) in [6.45, 7) is 2.61. The average Bonchev–Trinajstić information content (AvgIpc) is 3.42. The summed E-state index contributed by atoms with van der Waals surface area (Å²) in [7, 11) is 0. The Labute approximate surface area is 238 Å². The van der Waals surface area contributed by atoms with Crippen molar-refractivity contribution in [1.29, 1.82) is 0 Å². The lowest BCUT2D eigenvalue weighted by Gasteiger charge is -2.41. The maximum absolute atomic E-state index is 14.6. The molecule has 3 aliphatic rings. The summed E-state index contributed by atoms with van der Waals surface area (Å²) in [6.07, 6.45) is 5.11. The highest BCUT2D eigenvalue weighted by molar-refractivity contribution is 7.22. The molecular formula is C28H25Cl2FN4O3S. The van der Waals surface area contributed by atoms with Crippen LogP contribution in [-0.2, 0) is 6.42 Å². The zero-order chi connectivity index (χ0) is 26.8. The van der Waals surface area contributed by atoms with Crippen LogP contribution in [0.1, 0.15) is 53.2 Å². The van der Waals surface area contributed by atoms with Gasteiger partial charge in [-0.1, -0.05) is 45.8 Å². The number of hydrogen-bond acceptors (Lipinski definition) is 7. The van der Waals surface area contributed by atoms with Gasteiger partial charge in [0.1, 0.15) is 5.52 Å². The number of thiazole rings is 1. The van der Waals surface area contributed by atoms with Gasteiger partial charge in [0.05, 0.1) is 31.6 Å². The Morgan fingerprint density at radius 2 is 1.85 bits per heavy atom. The van der Waals surface area contributed by atoms with Crippen LogP contribution in [0.4, 0.5) is 9.52 Å². The lowest BCUT2D eigenvalue weighted by atomic mass is 10.0. The first kappa shape index (κ1) is 25.3. The van der Waals surface area contributed by atoms with Gasteiger partial charge < -0.3 is 14.5 Å². The number of likely N-dealkylation sites (tertiary alicyclic amines) is 1. The second kappa shape index (κ2) is 9.73. The van der Waals surface area contributed by atoms with E-state index >= 15 is 0 Å². The van der Waals surface area contributed by atoms with Crippen molar-refractivity contribution in [2.24, 2.45) is 0 Å². The van der Waals surface area contributed by atoms with Crippen molar-refractivity contribution in [1.82, 2.24) is 15.0 Å². The van der Waals surface area contributed by atoms with Gasteiger partial charge in [0, 0.05) is 43.2 Å². The highest BCUT2D eigenvalue weighted by atomic mass is 35.5. The highest BCUT2D eigenvalue weighted by Gasteiger charge is 2.42. The van der Waals surface area contributed by atoms with Crippen LogP contribution in [0.15, 0.2) is 34.9 Å². The normalized spacial score (nSPS) is 21.3. The molecule has 7 nitrogen and oxygen atoms in total. The number of aromatic nitrogens is 2. The Hall–Kier alpha value is -2.72. The van der Waals surface area contributed by atoms with Crippen LogP contribution in [0.5, 0.6) is 0 Å². The molecule has 2 unspecified atom stereocenters. The van der Waals surface area contributed by atoms with E-state index in [1.54, 1.807) is 0 Å². The largest absolute Gasteiger partial charge is 0.478 e. The molecule has 3 fully saturated rings. The molecule has 0 amide bonds. The monoisotopic (exact) mass is 586 g/mol. The number of carbonyl (C=O) groups is 1. The molecule has 0 spiro atoms. The molecule has 2 aromatic heterocycles. The molecule has 1 saturated carbocycles. The van der Waals surface area contributed by atoms with E-state index in [1.807, 2.05) is 18.2 Å². The van der Waals surface area contributed by atoms with Gasteiger partial charge >= 0.3 is 5.97 Å². The molecule has 202 valence electrons. The first-order chi connectivity index (χ1) is 18.9. The molecule has 4 heterocycles. The first-order valence-corrected chi connectivity index (χ1v) is 14.7. The number of hydrogen-bond donors (Lipinski definition) is 1. The summed E-state index contributed by atoms with van der Waals surface area (Å²) in [5, 5.41) is 15.6. The molecule has 2 atom stereocenters. The maximum Gasteiger partial charge on any atom is 0.335 e. The molecule has 2 aromatic carbocycles. The molecule has 1 aliphatic carbocycles. The van der Waals surface area contributed by atoms with Crippen LogP contribution in [0, 0.1) is 5.82 Å². The molecule has 0 radical (unpaired) electrons. The van der Waals surface area contributed by atoms with Gasteiger partial charge in [-0.25, -0.2) is 14.2 Å². The molecule has 4 aromatic rings. The average molecular weight is 588 g/mol. The number of piperazine rings is 1. The number of nitrogens with zero attached hydrogens (tertiary/aromatic N) is 4. The smallest absolute Gasteiger partial charge is 0.335 e. The maximum atomic E-state index is 14.6. The Bertz CT molecular complexity index is 1570. The fourth-order valence-corrected chi connectivity index (χ4v) is 7.85. The number of anilines is 1. The second-order valence-electron chi connectivity index (χ2n) is 10.7. The predicted octanol–water partition coefficient (Wildman–Crippen LogP) is 6.87. The summed E-state index contributed by atoms with van der Waals surface area (Å²) in [6, 6.07) is 8.57. The third kappa shape index (κ3) is 4.49. The standard InChI is InChI=1S/C28H25Cl2FN4O3S/c29-19-2-1-3-20(30)23(19)26-18(24(33-38-26)14-4-5-14)8-9-34-12-16-6-7-17(13-34)35(16)28-32-25-21(31)10-15(27(36)37)11-22(25)39-28/h1-3,10-11,14,16-17H,4-9,12-13H2,(H,36,37). The molecule has 2 saturated heterocycles. The van der Waals surface area contributed by atoms with Crippen LogP contribution < -0.4 is 4.90 Å². The number of benzene rings is 2. The fourth-order valence-electron chi connectivity index (χ4n) is 6.12. The van der Waals surface area contributed by atoms with E-state index in [2.05, 4.69) is 19.9 Å². The second-order valence-corrected chi connectivity index (χ2v) is 12.5. The minimum absolute atomic E-state index is 0.0558. The molecule has 11 heteroatoms. The highest BCUT2D eigenvalue weighted by Crippen LogP contribution is 2.46. The van der Waals surface area contributed by atoms with Gasteiger partial charge in [-0.05, 0) is 56.4 Å². The van der Waals surface area contributed by atoms with Crippen LogP contribution >= 0.6 is 34.5 Å². The Morgan fingerprint density at radius 1 is 1.13 bits per heavy atom. The van der Waals surface area contributed by atoms with Crippen LogP contribution in [0.25, 0.3) is 21.5 Å². The molecule has 2 aliphatic heterocycles. The zero-order valence-electron chi connectivity index (χ0n) is 20.9. The predicted molar refractivity (Wildman–Crippen MR) is 150 cm³/mol. The third-order valence-electron chi connectivity index (χ3n) is 8.11. The Morgan fingerprint density at radius 3 is 2.51 bits per heavy atom. The molecular weight excluding hydrogens is 562 g/mol. The van der Waals surface area contributed by atoms with E-state index in [1.165, 1.54) is 17.4 Å². The zero-order valence-corrected chi connectivity index (χ0v) is 23.2. The number of rotatable bonds is 7. The topological polar surface area (TPSA) is 82.7 Å². The summed E-state index contributed by atoms with van der Waals surface area (Å²) in [4.78, 5) is 20.8. The van der Waals surface area contributed by atoms with Crippen molar-refractivity contribution < 1.29 is 18.8 Å². The molecule has 39 heavy (non-hydrogen) atoms. The van der Waals surface area contributed by atoms with Crippen molar-refractivity contribution in [2.75, 3.05) is 24.5 Å². The van der Waals surface area contributed by atoms with E-state index in [0.717, 1.165) is 74.2 Å². The minimum Gasteiger partial charge on any atom is -0.478 e. The van der Waals surface area contributed by atoms with Gasteiger partial charge in [-0.15, -0.1) is 0 Å². The van der Waals surface area contributed by atoms with Crippen LogP contribution in [-0.4, -0.2) is 57.8 Å². The molecule has 2 bridgehead atoms. The summed E-state index contributed by atoms with van der Waals surface area (Å²) in [5.41, 5.74) is 3.01. The van der Waals surface area contributed by atoms with Crippen molar-refractivity contribution >= 4 is 55.9 Å². The number of aromatic carboxylic acids is 1. The van der Waals surface area contributed by atoms with E-state index in [4.69, 9.17) is 27.7 Å². The minimum atomic E-state index is -1.14. The quantitative estimate of drug-likeness (QED) is 0.253. The van der Waals surface area contributed by atoms with Gasteiger partial charge in [0.15, 0.2) is 16.7 Å². The van der Waals surface area contributed by atoms with E-state index in [0.29, 0.717) is 32.0 Å². The van der Waals surface area contributed by atoms with Crippen LogP contribution in [0.3, 0.4) is 0 Å². The Kier molecular flexibility index (Phi) is 6.30.